The third-order valence-electron chi connectivity index (χ3n) is 5.60. The lowest BCUT2D eigenvalue weighted by atomic mass is 9.84. The van der Waals surface area contributed by atoms with Crippen LogP contribution < -0.4 is 14.8 Å². The monoisotopic (exact) mass is 351 g/mol. The van der Waals surface area contributed by atoms with Gasteiger partial charge in [-0.05, 0) is 43.0 Å². The average molecular weight is 351 g/mol. The molecule has 1 heterocycles. The smallest absolute Gasteiger partial charge is 0.231 e. The van der Waals surface area contributed by atoms with Crippen LogP contribution in [0.2, 0.25) is 0 Å². The lowest BCUT2D eigenvalue weighted by Gasteiger charge is -2.27. The molecule has 0 saturated heterocycles. The molecule has 136 valence electrons. The molecular weight excluding hydrogens is 326 g/mol. The number of nitrogens with one attached hydrogen (secondary N) is 1. The van der Waals surface area contributed by atoms with E-state index in [2.05, 4.69) is 44.3 Å². The van der Waals surface area contributed by atoms with Gasteiger partial charge < -0.3 is 14.8 Å². The Hall–Kier alpha value is -2.49. The van der Waals surface area contributed by atoms with Gasteiger partial charge in [0.25, 0.3) is 0 Å². The number of ether oxygens (including phenoxy) is 2. The number of fused-ring (bicyclic) bond motifs is 1. The first-order valence-corrected chi connectivity index (χ1v) is 9.16. The molecule has 1 N–H and O–H groups in total. The Morgan fingerprint density at radius 1 is 1.12 bits per heavy atom. The van der Waals surface area contributed by atoms with Crippen LogP contribution in [0.25, 0.3) is 0 Å². The minimum atomic E-state index is -0.336. The van der Waals surface area contributed by atoms with Gasteiger partial charge in [-0.2, -0.15) is 0 Å². The van der Waals surface area contributed by atoms with Crippen molar-refractivity contribution in [2.75, 3.05) is 13.3 Å². The summed E-state index contributed by atoms with van der Waals surface area (Å²) in [6.07, 6.45) is 1.85. The van der Waals surface area contributed by atoms with Crippen molar-refractivity contribution in [2.45, 2.75) is 44.4 Å². The summed E-state index contributed by atoms with van der Waals surface area (Å²) in [4.78, 5) is 12.9. The van der Waals surface area contributed by atoms with Gasteiger partial charge in [-0.1, -0.05) is 49.7 Å². The van der Waals surface area contributed by atoms with E-state index < -0.39 is 0 Å². The molecule has 0 spiro atoms. The zero-order chi connectivity index (χ0) is 18.4. The third-order valence-corrected chi connectivity index (χ3v) is 5.60. The van der Waals surface area contributed by atoms with E-state index in [0.717, 1.165) is 35.5 Å². The summed E-state index contributed by atoms with van der Waals surface area (Å²) in [6, 6.07) is 14.3. The molecule has 4 rings (SSSR count). The Morgan fingerprint density at radius 3 is 2.62 bits per heavy atom. The molecule has 1 saturated carbocycles. The molecule has 0 radical (unpaired) electrons. The fourth-order valence-electron chi connectivity index (χ4n) is 3.60. The standard InChI is InChI=1S/C22H25NO3/c1-15-5-4-6-17(11-15)22(9-10-22)20(24)23-13-21(2,3)16-7-8-18-19(12-16)26-14-25-18/h4-8,11-12H,9-10,13-14H2,1-3H3,(H,23,24). The summed E-state index contributed by atoms with van der Waals surface area (Å²) in [7, 11) is 0. The SMILES string of the molecule is Cc1cccc(C2(C(=O)NCC(C)(C)c3ccc4c(c3)OCO4)CC2)c1. The predicted molar refractivity (Wildman–Crippen MR) is 101 cm³/mol. The first kappa shape index (κ1) is 17.0. The molecular formula is C22H25NO3. The second-order valence-electron chi connectivity index (χ2n) is 8.09. The summed E-state index contributed by atoms with van der Waals surface area (Å²) < 4.78 is 10.9. The van der Waals surface area contributed by atoms with Gasteiger partial charge in [0.2, 0.25) is 12.7 Å². The molecule has 2 aromatic rings. The lowest BCUT2D eigenvalue weighted by molar-refractivity contribution is -0.123. The van der Waals surface area contributed by atoms with Gasteiger partial charge in [0.05, 0.1) is 5.41 Å². The maximum atomic E-state index is 12.9. The molecule has 2 aromatic carbocycles. The van der Waals surface area contributed by atoms with Gasteiger partial charge in [0.15, 0.2) is 11.5 Å². The zero-order valence-corrected chi connectivity index (χ0v) is 15.6. The first-order valence-electron chi connectivity index (χ1n) is 9.16. The summed E-state index contributed by atoms with van der Waals surface area (Å²) in [5.74, 6) is 1.70. The van der Waals surface area contributed by atoms with Gasteiger partial charge in [0, 0.05) is 12.0 Å². The number of hydrogen-bond acceptors (Lipinski definition) is 3. The lowest BCUT2D eigenvalue weighted by Crippen LogP contribution is -2.41. The Bertz CT molecular complexity index is 852. The van der Waals surface area contributed by atoms with Crippen LogP contribution in [0, 0.1) is 6.92 Å². The van der Waals surface area contributed by atoms with Crippen LogP contribution in [-0.2, 0) is 15.6 Å². The van der Waals surface area contributed by atoms with Crippen LogP contribution in [-0.4, -0.2) is 19.2 Å². The minimum absolute atomic E-state index is 0.136. The van der Waals surface area contributed by atoms with Crippen LogP contribution in [0.4, 0.5) is 0 Å². The van der Waals surface area contributed by atoms with E-state index in [9.17, 15) is 4.79 Å². The van der Waals surface area contributed by atoms with E-state index in [1.807, 2.05) is 24.3 Å². The highest BCUT2D eigenvalue weighted by Crippen LogP contribution is 2.48. The molecule has 0 unspecified atom stereocenters. The van der Waals surface area contributed by atoms with Crippen molar-refractivity contribution in [2.24, 2.45) is 0 Å². The third kappa shape index (κ3) is 2.94. The summed E-state index contributed by atoms with van der Waals surface area (Å²) >= 11 is 0. The van der Waals surface area contributed by atoms with Crippen LogP contribution in [0.3, 0.4) is 0 Å². The molecule has 0 aromatic heterocycles. The van der Waals surface area contributed by atoms with Crippen LogP contribution >= 0.6 is 0 Å². The second kappa shape index (κ2) is 6.04. The quantitative estimate of drug-likeness (QED) is 0.890. The molecule has 4 nitrogen and oxygen atoms in total. The Morgan fingerprint density at radius 2 is 1.88 bits per heavy atom. The van der Waals surface area contributed by atoms with E-state index in [1.54, 1.807) is 0 Å². The average Bonchev–Trinajstić information content (AvgIpc) is 3.30. The van der Waals surface area contributed by atoms with E-state index in [-0.39, 0.29) is 23.5 Å². The Balaban J connectivity index is 1.47. The van der Waals surface area contributed by atoms with Crippen molar-refractivity contribution < 1.29 is 14.3 Å². The minimum Gasteiger partial charge on any atom is -0.454 e. The predicted octanol–water partition coefficient (Wildman–Crippen LogP) is 3.85. The molecule has 1 aliphatic heterocycles. The fourth-order valence-corrected chi connectivity index (χ4v) is 3.60. The number of hydrogen-bond donors (Lipinski definition) is 1. The van der Waals surface area contributed by atoms with Crippen molar-refractivity contribution in [1.82, 2.24) is 5.32 Å². The number of benzene rings is 2. The summed E-state index contributed by atoms with van der Waals surface area (Å²) in [5, 5.41) is 3.20. The maximum Gasteiger partial charge on any atom is 0.231 e. The highest BCUT2D eigenvalue weighted by Gasteiger charge is 2.51. The number of carbonyl (C=O) groups excluding carboxylic acids is 1. The molecule has 4 heteroatoms. The summed E-state index contributed by atoms with van der Waals surface area (Å²) in [6.45, 7) is 7.20. The molecule has 1 aliphatic carbocycles. The molecule has 1 amide bonds. The Kier molecular flexibility index (Phi) is 3.94. The zero-order valence-electron chi connectivity index (χ0n) is 15.6. The molecule has 26 heavy (non-hydrogen) atoms. The van der Waals surface area contributed by atoms with Crippen LogP contribution in [0.1, 0.15) is 43.4 Å². The van der Waals surface area contributed by atoms with Crippen molar-refractivity contribution in [1.29, 1.82) is 0 Å². The second-order valence-corrected chi connectivity index (χ2v) is 8.09. The van der Waals surface area contributed by atoms with Crippen molar-refractivity contribution in [3.63, 3.8) is 0 Å². The Labute approximate surface area is 154 Å². The molecule has 1 fully saturated rings. The number of carbonyl (C=O) groups is 1. The van der Waals surface area contributed by atoms with Gasteiger partial charge in [-0.15, -0.1) is 0 Å². The molecule has 2 aliphatic rings. The van der Waals surface area contributed by atoms with Gasteiger partial charge >= 0.3 is 0 Å². The van der Waals surface area contributed by atoms with Gasteiger partial charge in [0.1, 0.15) is 0 Å². The van der Waals surface area contributed by atoms with E-state index in [1.165, 1.54) is 5.56 Å². The van der Waals surface area contributed by atoms with E-state index in [4.69, 9.17) is 9.47 Å². The normalized spacial score (nSPS) is 17.0. The van der Waals surface area contributed by atoms with Crippen molar-refractivity contribution >= 4 is 5.91 Å². The topological polar surface area (TPSA) is 47.6 Å². The molecule has 0 bridgehead atoms. The summed E-state index contributed by atoms with van der Waals surface area (Å²) in [5.41, 5.74) is 2.93. The highest BCUT2D eigenvalue weighted by atomic mass is 16.7. The molecule has 0 atom stereocenters. The first-order chi connectivity index (χ1) is 12.4. The fraction of sp³-hybridized carbons (Fsp3) is 0.409. The van der Waals surface area contributed by atoms with Gasteiger partial charge in [-0.25, -0.2) is 0 Å². The highest BCUT2D eigenvalue weighted by molar-refractivity contribution is 5.91. The van der Waals surface area contributed by atoms with E-state index >= 15 is 0 Å². The van der Waals surface area contributed by atoms with Gasteiger partial charge in [-0.3, -0.25) is 4.79 Å². The van der Waals surface area contributed by atoms with Crippen LogP contribution in [0.15, 0.2) is 42.5 Å². The number of amides is 1. The van der Waals surface area contributed by atoms with Crippen molar-refractivity contribution in [3.8, 4) is 11.5 Å². The van der Waals surface area contributed by atoms with Crippen molar-refractivity contribution in [3.05, 3.63) is 59.2 Å². The number of rotatable bonds is 5. The largest absolute Gasteiger partial charge is 0.454 e. The van der Waals surface area contributed by atoms with E-state index in [0.29, 0.717) is 6.54 Å². The number of aryl methyl sites for hydroxylation is 1. The maximum absolute atomic E-state index is 12.9. The van der Waals surface area contributed by atoms with Crippen LogP contribution in [0.5, 0.6) is 11.5 Å².